The van der Waals surface area contributed by atoms with Gasteiger partial charge < -0.3 is 39.9 Å². The summed E-state index contributed by atoms with van der Waals surface area (Å²) in [6.45, 7) is 0.103. The average molecular weight is 567 g/mol. The Bertz CT molecular complexity index is 1200. The zero-order valence-electron chi connectivity index (χ0n) is 17.3. The van der Waals surface area contributed by atoms with Gasteiger partial charge in [-0.15, -0.1) is 0 Å². The molecule has 3 rings (SSSR count). The van der Waals surface area contributed by atoms with Gasteiger partial charge in [0.1, 0.15) is 30.2 Å². The molecule has 0 saturated carbocycles. The van der Waals surface area contributed by atoms with Crippen LogP contribution in [0.25, 0.3) is 11.2 Å². The smallest absolute Gasteiger partial charge is 0.387 e. The fourth-order valence-corrected chi connectivity index (χ4v) is 4.58. The summed E-state index contributed by atoms with van der Waals surface area (Å²) in [5.41, 5.74) is 6.11. The molecule has 0 amide bonds. The van der Waals surface area contributed by atoms with Gasteiger partial charge in [-0.1, -0.05) is 0 Å². The number of hydrogen-bond acceptors (Lipinski definition) is 14. The third-order valence-electron chi connectivity index (χ3n) is 3.86. The highest BCUT2D eigenvalue weighted by molar-refractivity contribution is 7.60. The Balaban J connectivity index is 0.000000466. The molecule has 1 aliphatic rings. The molecule has 9 N–H and O–H groups in total. The molecule has 23 heteroatoms. The maximum absolute atomic E-state index is 11.5. The maximum Gasteiger partial charge on any atom is 0.526 e. The monoisotopic (exact) mass is 567 g/mol. The van der Waals surface area contributed by atoms with Crippen LogP contribution in [0.3, 0.4) is 0 Å². The highest BCUT2D eigenvalue weighted by atomic mass is 31.3. The average Bonchev–Trinajstić information content (AvgIpc) is 3.20. The topological polar surface area (TPSA) is 316 Å². The summed E-state index contributed by atoms with van der Waals surface area (Å²) in [4.78, 5) is 63.5. The van der Waals surface area contributed by atoms with Crippen LogP contribution in [0.1, 0.15) is 13.2 Å². The first-order valence-electron chi connectivity index (χ1n) is 8.85. The summed E-state index contributed by atoms with van der Waals surface area (Å²) < 4.78 is 50.0. The van der Waals surface area contributed by atoms with Crippen molar-refractivity contribution in [1.29, 1.82) is 0 Å². The van der Waals surface area contributed by atoms with Gasteiger partial charge in [0.05, 0.1) is 12.9 Å². The number of aliphatic hydroxyl groups is 2. The number of fused-ring (bicyclic) bond motifs is 1. The van der Waals surface area contributed by atoms with Crippen LogP contribution < -0.4 is 5.73 Å². The normalized spacial score (nSPS) is 24.5. The minimum Gasteiger partial charge on any atom is -0.387 e. The Kier molecular flexibility index (Phi) is 9.24. The van der Waals surface area contributed by atoms with E-state index >= 15 is 0 Å². The van der Waals surface area contributed by atoms with Crippen molar-refractivity contribution in [3.63, 3.8) is 0 Å². The molecule has 0 aliphatic carbocycles. The highest BCUT2D eigenvalue weighted by Gasteiger charge is 2.46. The first kappa shape index (κ1) is 29.3. The maximum atomic E-state index is 11.5. The summed E-state index contributed by atoms with van der Waals surface area (Å²) in [5, 5.41) is 20.3. The molecule has 2 aromatic heterocycles. The number of nitrogens with zero attached hydrogens (tertiary/aromatic N) is 4. The predicted octanol–water partition coefficient (Wildman–Crippen LogP) is -2.10. The van der Waals surface area contributed by atoms with Crippen LogP contribution in [-0.4, -0.2) is 85.1 Å². The molecule has 1 saturated heterocycles. The van der Waals surface area contributed by atoms with E-state index in [9.17, 15) is 33.6 Å². The Labute approximate surface area is 194 Å². The third kappa shape index (κ3) is 8.62. The first-order valence-corrected chi connectivity index (χ1v) is 13.4. The van der Waals surface area contributed by atoms with Gasteiger partial charge in [-0.05, 0) is 0 Å². The van der Waals surface area contributed by atoms with Gasteiger partial charge in [-0.3, -0.25) is 23.7 Å². The largest absolute Gasteiger partial charge is 0.526 e. The molecule has 1 aliphatic heterocycles. The van der Waals surface area contributed by atoms with Crippen LogP contribution in [0, 0.1) is 0 Å². The van der Waals surface area contributed by atoms with Crippen molar-refractivity contribution >= 4 is 46.4 Å². The number of phosphoric ester groups is 2. The molecular formula is C12H20N5O15P3. The van der Waals surface area contributed by atoms with Crippen LogP contribution >= 0.6 is 23.5 Å². The summed E-state index contributed by atoms with van der Waals surface area (Å²) in [7, 11) is -15.0. The number of aliphatic hydroxyl groups excluding tert-OH is 2. The molecule has 198 valence electrons. The van der Waals surface area contributed by atoms with Crippen molar-refractivity contribution < 1.29 is 71.3 Å². The summed E-state index contributed by atoms with van der Waals surface area (Å²) in [6.07, 6.45) is -3.20. The van der Waals surface area contributed by atoms with Gasteiger partial charge in [0, 0.05) is 6.92 Å². The molecule has 35 heavy (non-hydrogen) atoms. The fraction of sp³-hybridized carbons (Fsp3) is 0.500. The summed E-state index contributed by atoms with van der Waals surface area (Å²) in [6, 6.07) is 0. The standard InChI is InChI=1S/C10H15N5O10P2.C2H5O5P/c11-8-5-9(13-2-12-8)15(3-14-5)10-7(17)6(16)4(24-10)1-23-27(21,22)25-26(18,19)20;1-2(3)7-8(4,5)6/h2-4,6-7,10,16-17H,1H2,(H,21,22)(H2,11,12,13)(H2,18,19,20);1H3,(H2,4,5,6)/t4-,6-,7-,10-;/m1./s1. The number of nitrogens with two attached hydrogens (primary N) is 1. The second-order valence-electron chi connectivity index (χ2n) is 6.54. The molecule has 2 aromatic rings. The minimum atomic E-state index is -5.29. The fourth-order valence-electron chi connectivity index (χ4n) is 2.65. The lowest BCUT2D eigenvalue weighted by Crippen LogP contribution is -2.33. The van der Waals surface area contributed by atoms with Gasteiger partial charge in [-0.2, -0.15) is 4.31 Å². The van der Waals surface area contributed by atoms with E-state index in [1.165, 1.54) is 10.9 Å². The van der Waals surface area contributed by atoms with Crippen LogP contribution in [0.15, 0.2) is 12.7 Å². The van der Waals surface area contributed by atoms with Crippen LogP contribution in [-0.2, 0) is 36.6 Å². The quantitative estimate of drug-likeness (QED) is 0.166. The van der Waals surface area contributed by atoms with E-state index in [0.29, 0.717) is 0 Å². The van der Waals surface area contributed by atoms with Gasteiger partial charge in [0.15, 0.2) is 17.7 Å². The molecule has 20 nitrogen and oxygen atoms in total. The molecule has 0 radical (unpaired) electrons. The van der Waals surface area contributed by atoms with E-state index in [1.54, 1.807) is 0 Å². The van der Waals surface area contributed by atoms with Crippen LogP contribution in [0.5, 0.6) is 0 Å². The van der Waals surface area contributed by atoms with Crippen molar-refractivity contribution in [2.24, 2.45) is 0 Å². The van der Waals surface area contributed by atoms with E-state index in [1.807, 2.05) is 0 Å². The first-order chi connectivity index (χ1) is 15.9. The number of ether oxygens (including phenoxy) is 1. The number of phosphoric acid groups is 3. The lowest BCUT2D eigenvalue weighted by molar-refractivity contribution is -0.133. The Morgan fingerprint density at radius 2 is 1.71 bits per heavy atom. The second kappa shape index (κ2) is 11.0. The van der Waals surface area contributed by atoms with E-state index in [2.05, 4.69) is 28.3 Å². The number of nitrogen functional groups attached to an aromatic ring is 1. The molecule has 1 fully saturated rings. The number of anilines is 1. The zero-order chi connectivity index (χ0) is 26.8. The summed E-state index contributed by atoms with van der Waals surface area (Å²) in [5.74, 6) is -0.902. The number of carbonyl (C=O) groups is 1. The lowest BCUT2D eigenvalue weighted by atomic mass is 10.1. The lowest BCUT2D eigenvalue weighted by Gasteiger charge is -2.17. The number of aromatic nitrogens is 4. The molecule has 3 heterocycles. The second-order valence-corrected chi connectivity index (χ2v) is 10.5. The summed E-state index contributed by atoms with van der Waals surface area (Å²) >= 11 is 0. The molecular weight excluding hydrogens is 547 g/mol. The van der Waals surface area contributed by atoms with Gasteiger partial charge >= 0.3 is 29.4 Å². The predicted molar refractivity (Wildman–Crippen MR) is 108 cm³/mol. The number of carbonyl (C=O) groups excluding carboxylic acids is 1. The zero-order valence-corrected chi connectivity index (χ0v) is 20.0. The van der Waals surface area contributed by atoms with Crippen molar-refractivity contribution in [3.05, 3.63) is 12.7 Å². The number of rotatable bonds is 7. The van der Waals surface area contributed by atoms with Gasteiger partial charge in [0.25, 0.3) is 0 Å². The van der Waals surface area contributed by atoms with Crippen molar-refractivity contribution in [2.75, 3.05) is 12.3 Å². The highest BCUT2D eigenvalue weighted by Crippen LogP contribution is 2.57. The Morgan fingerprint density at radius 1 is 1.09 bits per heavy atom. The number of hydrogen-bond donors (Lipinski definition) is 8. The van der Waals surface area contributed by atoms with E-state index in [4.69, 9.17) is 30.0 Å². The number of imidazole rings is 1. The van der Waals surface area contributed by atoms with Gasteiger partial charge in [0.2, 0.25) is 0 Å². The van der Waals surface area contributed by atoms with Crippen molar-refractivity contribution in [1.82, 2.24) is 19.5 Å². The molecule has 1 unspecified atom stereocenters. The Hall–Kier alpha value is -1.89. The SMILES string of the molecule is CC(=O)OP(=O)(O)O.Nc1ncnc2c1ncn2[C@@H]1O[C@H](COP(=O)(O)OP(=O)(O)O)[C@@H](O)[C@H]1O. The van der Waals surface area contributed by atoms with E-state index in [0.717, 1.165) is 13.3 Å². The van der Waals surface area contributed by atoms with E-state index < -0.39 is 60.6 Å². The van der Waals surface area contributed by atoms with Crippen molar-refractivity contribution in [3.8, 4) is 0 Å². The molecule has 0 spiro atoms. The molecule has 0 bridgehead atoms. The minimum absolute atomic E-state index is 0.0856. The third-order valence-corrected chi connectivity index (χ3v) is 6.50. The van der Waals surface area contributed by atoms with Crippen LogP contribution in [0.2, 0.25) is 0 Å². The van der Waals surface area contributed by atoms with Crippen LogP contribution in [0.4, 0.5) is 5.82 Å². The van der Waals surface area contributed by atoms with Crippen molar-refractivity contribution in [2.45, 2.75) is 31.5 Å². The van der Waals surface area contributed by atoms with E-state index in [-0.39, 0.29) is 17.0 Å². The molecule has 0 aromatic carbocycles. The molecule has 5 atom stereocenters. The van der Waals surface area contributed by atoms with Gasteiger partial charge in [-0.25, -0.2) is 28.6 Å². The Morgan fingerprint density at radius 3 is 2.23 bits per heavy atom.